The smallest absolute Gasteiger partial charge is 0.224 e. The predicted molar refractivity (Wildman–Crippen MR) is 83.5 cm³/mol. The van der Waals surface area contributed by atoms with Gasteiger partial charge in [0, 0.05) is 38.0 Å². The first-order chi connectivity index (χ1) is 10.2. The number of anilines is 1. The molecule has 0 bridgehead atoms. The zero-order valence-electron chi connectivity index (χ0n) is 12.2. The number of ether oxygens (including phenoxy) is 1. The van der Waals surface area contributed by atoms with Crippen molar-refractivity contribution in [1.82, 2.24) is 9.97 Å². The first-order valence-electron chi connectivity index (χ1n) is 7.50. The molecule has 5 nitrogen and oxygen atoms in total. The van der Waals surface area contributed by atoms with Crippen LogP contribution < -0.4 is 4.90 Å². The zero-order valence-corrected chi connectivity index (χ0v) is 13.8. The molecule has 21 heavy (non-hydrogen) atoms. The van der Waals surface area contributed by atoms with Gasteiger partial charge in [0.2, 0.25) is 5.28 Å². The molecule has 1 unspecified atom stereocenters. The SMILES string of the molecule is CCCN(c1nc(Cl)nc2c1S(=O)CC2)C1CCOCC1. The summed E-state index contributed by atoms with van der Waals surface area (Å²) in [5.74, 6) is 1.42. The Morgan fingerprint density at radius 3 is 2.86 bits per heavy atom. The Hall–Kier alpha value is -0.720. The summed E-state index contributed by atoms with van der Waals surface area (Å²) >= 11 is 6.09. The molecule has 1 aromatic heterocycles. The summed E-state index contributed by atoms with van der Waals surface area (Å²) in [6, 6.07) is 0.381. The monoisotopic (exact) mass is 329 g/mol. The fraction of sp³-hybridized carbons (Fsp3) is 0.714. The molecular weight excluding hydrogens is 310 g/mol. The summed E-state index contributed by atoms with van der Waals surface area (Å²) in [6.45, 7) is 4.58. The number of aromatic nitrogens is 2. The van der Waals surface area contributed by atoms with Gasteiger partial charge in [0.05, 0.1) is 16.5 Å². The van der Waals surface area contributed by atoms with Crippen molar-refractivity contribution in [2.24, 2.45) is 0 Å². The van der Waals surface area contributed by atoms with E-state index in [1.807, 2.05) is 0 Å². The Kier molecular flexibility index (Phi) is 4.76. The second-order valence-corrected chi connectivity index (χ2v) is 7.27. The molecule has 2 aliphatic rings. The lowest BCUT2D eigenvalue weighted by Crippen LogP contribution is -2.41. The van der Waals surface area contributed by atoms with Crippen LogP contribution in [-0.2, 0) is 22.0 Å². The molecule has 1 atom stereocenters. The van der Waals surface area contributed by atoms with Crippen LogP contribution in [0.15, 0.2) is 4.90 Å². The standard InChI is InChI=1S/C14H20ClN3O2S/c1-2-6-18(10-3-7-20-8-4-10)13-12-11(5-9-21(12)19)16-14(15)17-13/h10H,2-9H2,1H3. The largest absolute Gasteiger partial charge is 0.381 e. The highest BCUT2D eigenvalue weighted by molar-refractivity contribution is 7.85. The van der Waals surface area contributed by atoms with Crippen molar-refractivity contribution in [3.8, 4) is 0 Å². The molecule has 1 fully saturated rings. The Morgan fingerprint density at radius 2 is 2.14 bits per heavy atom. The molecule has 3 heterocycles. The molecule has 0 saturated carbocycles. The van der Waals surface area contributed by atoms with E-state index in [-0.39, 0.29) is 5.28 Å². The van der Waals surface area contributed by atoms with E-state index >= 15 is 0 Å². The Balaban J connectivity index is 2.00. The molecule has 1 aromatic rings. The Labute approximate surface area is 132 Å². The minimum Gasteiger partial charge on any atom is -0.381 e. The second-order valence-electron chi connectivity index (χ2n) is 5.43. The van der Waals surface area contributed by atoms with Crippen molar-refractivity contribution in [3.63, 3.8) is 0 Å². The average molecular weight is 330 g/mol. The summed E-state index contributed by atoms with van der Waals surface area (Å²) in [7, 11) is -1.00. The Morgan fingerprint density at radius 1 is 1.38 bits per heavy atom. The maximum absolute atomic E-state index is 12.3. The van der Waals surface area contributed by atoms with Crippen molar-refractivity contribution < 1.29 is 8.95 Å². The number of rotatable bonds is 4. The van der Waals surface area contributed by atoms with Gasteiger partial charge in [0.25, 0.3) is 0 Å². The zero-order chi connectivity index (χ0) is 14.8. The highest BCUT2D eigenvalue weighted by atomic mass is 35.5. The fourth-order valence-corrected chi connectivity index (χ4v) is 4.58. The van der Waals surface area contributed by atoms with Crippen molar-refractivity contribution >= 4 is 28.2 Å². The van der Waals surface area contributed by atoms with Gasteiger partial charge < -0.3 is 9.64 Å². The van der Waals surface area contributed by atoms with Crippen LogP contribution >= 0.6 is 11.6 Å². The first-order valence-corrected chi connectivity index (χ1v) is 9.19. The lowest BCUT2D eigenvalue weighted by atomic mass is 10.1. The van der Waals surface area contributed by atoms with Crippen LogP contribution in [0, 0.1) is 0 Å². The summed E-state index contributed by atoms with van der Waals surface area (Å²) in [4.78, 5) is 11.8. The van der Waals surface area contributed by atoms with E-state index in [9.17, 15) is 4.21 Å². The molecular formula is C14H20ClN3O2S. The van der Waals surface area contributed by atoms with Gasteiger partial charge in [-0.1, -0.05) is 6.92 Å². The van der Waals surface area contributed by atoms with Crippen LogP contribution in [0.5, 0.6) is 0 Å². The van der Waals surface area contributed by atoms with Crippen LogP contribution in [0.4, 0.5) is 5.82 Å². The molecule has 7 heteroatoms. The number of nitrogens with zero attached hydrogens (tertiary/aromatic N) is 3. The molecule has 0 amide bonds. The van der Waals surface area contributed by atoms with Crippen molar-refractivity contribution in [2.75, 3.05) is 30.4 Å². The maximum Gasteiger partial charge on any atom is 0.224 e. The molecule has 1 saturated heterocycles. The quantitative estimate of drug-likeness (QED) is 0.793. The molecule has 0 aliphatic carbocycles. The van der Waals surface area contributed by atoms with E-state index in [1.165, 1.54) is 0 Å². The molecule has 3 rings (SSSR count). The highest BCUT2D eigenvalue weighted by Crippen LogP contribution is 2.33. The average Bonchev–Trinajstić information content (AvgIpc) is 2.86. The Bertz CT molecular complexity index is 549. The predicted octanol–water partition coefficient (Wildman–Crippen LogP) is 2.19. The van der Waals surface area contributed by atoms with Gasteiger partial charge in [0.15, 0.2) is 0 Å². The third-order valence-electron chi connectivity index (χ3n) is 4.01. The van der Waals surface area contributed by atoms with Gasteiger partial charge in [0.1, 0.15) is 10.7 Å². The first kappa shape index (κ1) is 15.2. The molecule has 0 radical (unpaired) electrons. The normalized spacial score (nSPS) is 22.3. The molecule has 0 N–H and O–H groups in total. The third kappa shape index (κ3) is 3.07. The lowest BCUT2D eigenvalue weighted by Gasteiger charge is -2.35. The van der Waals surface area contributed by atoms with E-state index in [0.717, 1.165) is 61.8 Å². The minimum atomic E-state index is -1.00. The summed E-state index contributed by atoms with van der Waals surface area (Å²) in [5, 5.41) is 0.260. The fourth-order valence-electron chi connectivity index (χ4n) is 3.04. The third-order valence-corrected chi connectivity index (χ3v) is 5.63. The van der Waals surface area contributed by atoms with E-state index in [4.69, 9.17) is 16.3 Å². The summed E-state index contributed by atoms with van der Waals surface area (Å²) < 4.78 is 17.8. The maximum atomic E-state index is 12.3. The molecule has 2 aliphatic heterocycles. The number of hydrogen-bond acceptors (Lipinski definition) is 5. The van der Waals surface area contributed by atoms with E-state index in [0.29, 0.717) is 11.8 Å². The van der Waals surface area contributed by atoms with Gasteiger partial charge >= 0.3 is 0 Å². The van der Waals surface area contributed by atoms with E-state index < -0.39 is 10.8 Å². The van der Waals surface area contributed by atoms with Crippen LogP contribution in [0.2, 0.25) is 5.28 Å². The number of aryl methyl sites for hydroxylation is 1. The van der Waals surface area contributed by atoms with E-state index in [1.54, 1.807) is 0 Å². The molecule has 0 aromatic carbocycles. The van der Waals surface area contributed by atoms with Crippen LogP contribution in [0.3, 0.4) is 0 Å². The molecule has 116 valence electrons. The number of fused-ring (bicyclic) bond motifs is 1. The van der Waals surface area contributed by atoms with Crippen LogP contribution in [0.25, 0.3) is 0 Å². The van der Waals surface area contributed by atoms with Crippen LogP contribution in [-0.4, -0.2) is 45.7 Å². The van der Waals surface area contributed by atoms with Gasteiger partial charge in [-0.25, -0.2) is 4.98 Å². The van der Waals surface area contributed by atoms with Crippen molar-refractivity contribution in [1.29, 1.82) is 0 Å². The second kappa shape index (κ2) is 6.58. The van der Waals surface area contributed by atoms with E-state index in [2.05, 4.69) is 21.8 Å². The van der Waals surface area contributed by atoms with Gasteiger partial charge in [-0.2, -0.15) is 4.98 Å². The van der Waals surface area contributed by atoms with Crippen LogP contribution in [0.1, 0.15) is 31.9 Å². The lowest BCUT2D eigenvalue weighted by molar-refractivity contribution is 0.0841. The molecule has 0 spiro atoms. The summed E-state index contributed by atoms with van der Waals surface area (Å²) in [5.41, 5.74) is 0.858. The highest BCUT2D eigenvalue weighted by Gasteiger charge is 2.31. The van der Waals surface area contributed by atoms with Gasteiger partial charge in [-0.15, -0.1) is 0 Å². The number of halogens is 1. The van der Waals surface area contributed by atoms with Crippen molar-refractivity contribution in [2.45, 2.75) is 43.5 Å². The van der Waals surface area contributed by atoms with Gasteiger partial charge in [-0.3, -0.25) is 4.21 Å². The van der Waals surface area contributed by atoms with Crippen molar-refractivity contribution in [3.05, 3.63) is 11.0 Å². The topological polar surface area (TPSA) is 55.3 Å². The minimum absolute atomic E-state index is 0.260. The summed E-state index contributed by atoms with van der Waals surface area (Å²) in [6.07, 6.45) is 3.69. The van der Waals surface area contributed by atoms with Gasteiger partial charge in [-0.05, 0) is 30.9 Å². The number of hydrogen-bond donors (Lipinski definition) is 0.